The fraction of sp³-hybridized carbons (Fsp3) is 0.538. The van der Waals surface area contributed by atoms with Crippen molar-refractivity contribution in [2.24, 2.45) is 5.73 Å². The van der Waals surface area contributed by atoms with Gasteiger partial charge in [0.2, 0.25) is 0 Å². The van der Waals surface area contributed by atoms with Crippen molar-refractivity contribution in [1.82, 2.24) is 0 Å². The van der Waals surface area contributed by atoms with Crippen molar-refractivity contribution < 1.29 is 23.1 Å². The molecule has 1 rings (SSSR count). The Morgan fingerprint density at radius 3 is 1.85 bits per heavy atom. The first-order valence-corrected chi connectivity index (χ1v) is 7.99. The van der Waals surface area contributed by atoms with Crippen LogP contribution in [0, 0.1) is 0 Å². The van der Waals surface area contributed by atoms with Crippen LogP contribution in [0.5, 0.6) is 11.5 Å². The first-order chi connectivity index (χ1) is 9.50. The SMILES string of the molecule is CCOP(=O)(OCC)[C@H](N)c1cc(OC)cc(OC)c1. The molecular weight excluding hydrogens is 281 g/mol. The standard InChI is InChI=1S/C13H22NO5P/c1-5-18-20(15,19-6-2)13(14)10-7-11(16-3)9-12(8-10)17-4/h7-9,13H,5-6,14H2,1-4H3/t13-/m0/s1. The smallest absolute Gasteiger partial charge is 0.351 e. The maximum atomic E-state index is 12.7. The highest BCUT2D eigenvalue weighted by atomic mass is 31.2. The van der Waals surface area contributed by atoms with Gasteiger partial charge in [-0.3, -0.25) is 4.57 Å². The largest absolute Gasteiger partial charge is 0.497 e. The van der Waals surface area contributed by atoms with Crippen LogP contribution in [0.1, 0.15) is 25.2 Å². The van der Waals surface area contributed by atoms with E-state index in [9.17, 15) is 4.57 Å². The van der Waals surface area contributed by atoms with Gasteiger partial charge in [0.1, 0.15) is 17.3 Å². The van der Waals surface area contributed by atoms with Gasteiger partial charge in [0, 0.05) is 6.07 Å². The molecule has 0 heterocycles. The molecule has 0 aromatic heterocycles. The lowest BCUT2D eigenvalue weighted by Crippen LogP contribution is -2.15. The van der Waals surface area contributed by atoms with Gasteiger partial charge in [0.05, 0.1) is 27.4 Å². The van der Waals surface area contributed by atoms with E-state index in [1.165, 1.54) is 14.2 Å². The Morgan fingerprint density at radius 2 is 1.50 bits per heavy atom. The summed E-state index contributed by atoms with van der Waals surface area (Å²) in [5, 5.41) is 0. The summed E-state index contributed by atoms with van der Waals surface area (Å²) in [5.41, 5.74) is 6.64. The van der Waals surface area contributed by atoms with E-state index >= 15 is 0 Å². The molecule has 0 spiro atoms. The molecule has 0 radical (unpaired) electrons. The lowest BCUT2D eigenvalue weighted by Gasteiger charge is -2.24. The first-order valence-electron chi connectivity index (χ1n) is 6.38. The lowest BCUT2D eigenvalue weighted by atomic mass is 10.2. The van der Waals surface area contributed by atoms with E-state index in [0.29, 0.717) is 17.1 Å². The molecule has 0 aliphatic carbocycles. The number of methoxy groups -OCH3 is 2. The van der Waals surface area contributed by atoms with Crippen molar-refractivity contribution in [3.05, 3.63) is 23.8 Å². The average Bonchev–Trinajstić information content (AvgIpc) is 2.46. The first kappa shape index (κ1) is 17.0. The molecule has 1 aromatic carbocycles. The van der Waals surface area contributed by atoms with E-state index in [2.05, 4.69) is 0 Å². The van der Waals surface area contributed by atoms with Crippen LogP contribution in [0.4, 0.5) is 0 Å². The third kappa shape index (κ3) is 3.96. The number of nitrogens with two attached hydrogens (primary N) is 1. The van der Waals surface area contributed by atoms with Gasteiger partial charge in [-0.2, -0.15) is 0 Å². The van der Waals surface area contributed by atoms with E-state index in [-0.39, 0.29) is 13.2 Å². The molecule has 20 heavy (non-hydrogen) atoms. The summed E-state index contributed by atoms with van der Waals surface area (Å²) in [7, 11) is -0.353. The van der Waals surface area contributed by atoms with Crippen LogP contribution in [-0.2, 0) is 13.6 Å². The van der Waals surface area contributed by atoms with Gasteiger partial charge in [-0.15, -0.1) is 0 Å². The minimum absolute atomic E-state index is 0.256. The molecule has 7 heteroatoms. The molecule has 0 saturated heterocycles. The van der Waals surface area contributed by atoms with E-state index in [1.54, 1.807) is 32.0 Å². The molecule has 1 atom stereocenters. The Labute approximate surface area is 119 Å². The zero-order valence-corrected chi connectivity index (χ0v) is 13.2. The molecule has 0 unspecified atom stereocenters. The molecular formula is C13H22NO5P. The summed E-state index contributed by atoms with van der Waals surface area (Å²) in [6.07, 6.45) is 0. The zero-order chi connectivity index (χ0) is 15.2. The fourth-order valence-electron chi connectivity index (χ4n) is 1.74. The summed E-state index contributed by atoms with van der Waals surface area (Å²) >= 11 is 0. The molecule has 0 fully saturated rings. The predicted octanol–water partition coefficient (Wildman–Crippen LogP) is 2.93. The molecule has 2 N–H and O–H groups in total. The summed E-state index contributed by atoms with van der Waals surface area (Å²) in [6, 6.07) is 5.10. The third-order valence-corrected chi connectivity index (χ3v) is 4.89. The zero-order valence-electron chi connectivity index (χ0n) is 12.3. The number of rotatable bonds is 8. The van der Waals surface area contributed by atoms with Crippen molar-refractivity contribution in [2.75, 3.05) is 27.4 Å². The second-order valence-corrected chi connectivity index (χ2v) is 6.12. The van der Waals surface area contributed by atoms with E-state index in [0.717, 1.165) is 0 Å². The Bertz CT molecular complexity index is 448. The van der Waals surface area contributed by atoms with E-state index in [1.807, 2.05) is 0 Å². The van der Waals surface area contributed by atoms with Crippen LogP contribution in [0.2, 0.25) is 0 Å². The Hall–Kier alpha value is -1.07. The minimum atomic E-state index is -3.43. The van der Waals surface area contributed by atoms with Gasteiger partial charge in [-0.05, 0) is 31.5 Å². The van der Waals surface area contributed by atoms with E-state index in [4.69, 9.17) is 24.3 Å². The number of hydrogen-bond donors (Lipinski definition) is 1. The second-order valence-electron chi connectivity index (χ2n) is 3.97. The van der Waals surface area contributed by atoms with Crippen LogP contribution in [0.3, 0.4) is 0 Å². The molecule has 0 aliphatic heterocycles. The molecule has 0 aliphatic rings. The maximum absolute atomic E-state index is 12.7. The van der Waals surface area contributed by atoms with Crippen LogP contribution >= 0.6 is 7.60 Å². The van der Waals surface area contributed by atoms with Crippen LogP contribution in [-0.4, -0.2) is 27.4 Å². The highest BCUT2D eigenvalue weighted by Gasteiger charge is 2.34. The van der Waals surface area contributed by atoms with E-state index < -0.39 is 13.4 Å². The van der Waals surface area contributed by atoms with Crippen molar-refractivity contribution in [3.63, 3.8) is 0 Å². The quantitative estimate of drug-likeness (QED) is 0.744. The molecule has 0 amide bonds. The van der Waals surface area contributed by atoms with Gasteiger partial charge in [-0.1, -0.05) is 0 Å². The Kier molecular flexibility index (Phi) is 6.49. The maximum Gasteiger partial charge on any atom is 0.351 e. The van der Waals surface area contributed by atoms with Gasteiger partial charge in [0.25, 0.3) is 0 Å². The Morgan fingerprint density at radius 1 is 1.05 bits per heavy atom. The number of hydrogen-bond acceptors (Lipinski definition) is 6. The summed E-state index contributed by atoms with van der Waals surface area (Å²) in [4.78, 5) is 0. The van der Waals surface area contributed by atoms with Crippen molar-refractivity contribution >= 4 is 7.60 Å². The summed E-state index contributed by atoms with van der Waals surface area (Å²) in [6.45, 7) is 3.99. The van der Waals surface area contributed by atoms with Crippen molar-refractivity contribution in [2.45, 2.75) is 19.6 Å². The minimum Gasteiger partial charge on any atom is -0.497 e. The van der Waals surface area contributed by atoms with Crippen LogP contribution < -0.4 is 15.2 Å². The highest BCUT2D eigenvalue weighted by Crippen LogP contribution is 2.58. The van der Waals surface area contributed by atoms with Crippen molar-refractivity contribution in [1.29, 1.82) is 0 Å². The van der Waals surface area contributed by atoms with Gasteiger partial charge in [0.15, 0.2) is 0 Å². The monoisotopic (exact) mass is 303 g/mol. The third-order valence-electron chi connectivity index (χ3n) is 2.67. The topological polar surface area (TPSA) is 80.0 Å². The Balaban J connectivity index is 3.16. The van der Waals surface area contributed by atoms with Gasteiger partial charge in [-0.25, -0.2) is 0 Å². The molecule has 0 saturated carbocycles. The van der Waals surface area contributed by atoms with Crippen LogP contribution in [0.15, 0.2) is 18.2 Å². The second kappa shape index (κ2) is 7.64. The molecule has 1 aromatic rings. The number of ether oxygens (including phenoxy) is 2. The lowest BCUT2D eigenvalue weighted by molar-refractivity contribution is 0.212. The molecule has 0 bridgehead atoms. The fourth-order valence-corrected chi connectivity index (χ4v) is 3.37. The highest BCUT2D eigenvalue weighted by molar-refractivity contribution is 7.54. The van der Waals surface area contributed by atoms with Crippen LogP contribution in [0.25, 0.3) is 0 Å². The van der Waals surface area contributed by atoms with Crippen molar-refractivity contribution in [3.8, 4) is 11.5 Å². The summed E-state index contributed by atoms with van der Waals surface area (Å²) in [5.74, 6) is 0.232. The molecule has 114 valence electrons. The average molecular weight is 303 g/mol. The summed E-state index contributed by atoms with van der Waals surface area (Å²) < 4.78 is 33.5. The number of benzene rings is 1. The predicted molar refractivity (Wildman–Crippen MR) is 77.3 cm³/mol. The van der Waals surface area contributed by atoms with Gasteiger partial charge < -0.3 is 24.3 Å². The van der Waals surface area contributed by atoms with Gasteiger partial charge >= 0.3 is 7.60 Å². The normalized spacial score (nSPS) is 13.1. The molecule has 6 nitrogen and oxygen atoms in total.